The number of benzene rings is 2. The number of imidazole rings is 1. The molecule has 3 rings (SSSR count). The van der Waals surface area contributed by atoms with Gasteiger partial charge in [0.1, 0.15) is 5.69 Å². The highest BCUT2D eigenvalue weighted by molar-refractivity contribution is 7.71. The van der Waals surface area contributed by atoms with E-state index in [2.05, 4.69) is 36.3 Å². The van der Waals surface area contributed by atoms with Gasteiger partial charge < -0.3 is 10.3 Å². The summed E-state index contributed by atoms with van der Waals surface area (Å²) in [4.78, 5) is 15.6. The minimum atomic E-state index is -0.201. The molecule has 0 spiro atoms. The largest absolute Gasteiger partial charge is 0.336 e. The third-order valence-electron chi connectivity index (χ3n) is 4.37. The van der Waals surface area contributed by atoms with Crippen LogP contribution in [0.5, 0.6) is 0 Å². The Morgan fingerprint density at radius 1 is 1.16 bits per heavy atom. The summed E-state index contributed by atoms with van der Waals surface area (Å²) in [6.45, 7) is 4.36. The van der Waals surface area contributed by atoms with Gasteiger partial charge in [0.15, 0.2) is 4.77 Å². The molecule has 128 valence electrons. The van der Waals surface area contributed by atoms with Gasteiger partial charge in [-0.15, -0.1) is 0 Å². The van der Waals surface area contributed by atoms with Gasteiger partial charge in [0.05, 0.1) is 0 Å². The van der Waals surface area contributed by atoms with Crippen LogP contribution in [0.4, 0.5) is 5.69 Å². The molecule has 1 heterocycles. The first-order valence-electron chi connectivity index (χ1n) is 8.37. The average Bonchev–Trinajstić information content (AvgIpc) is 3.04. The molecule has 0 fully saturated rings. The zero-order chi connectivity index (χ0) is 17.8. The first-order chi connectivity index (χ1) is 12.1. The van der Waals surface area contributed by atoms with Crippen molar-refractivity contribution in [1.29, 1.82) is 0 Å². The van der Waals surface area contributed by atoms with Crippen molar-refractivity contribution in [3.63, 3.8) is 0 Å². The van der Waals surface area contributed by atoms with E-state index in [1.54, 1.807) is 10.8 Å². The maximum Gasteiger partial charge on any atom is 0.274 e. The number of hydrogen-bond donors (Lipinski definition) is 2. The second-order valence-electron chi connectivity index (χ2n) is 6.04. The summed E-state index contributed by atoms with van der Waals surface area (Å²) in [5, 5.41) is 2.94. The van der Waals surface area contributed by atoms with Gasteiger partial charge in [-0.25, -0.2) is 0 Å². The van der Waals surface area contributed by atoms with Gasteiger partial charge in [0.25, 0.3) is 5.91 Å². The lowest BCUT2D eigenvalue weighted by atomic mass is 9.99. The van der Waals surface area contributed by atoms with Crippen LogP contribution in [0.25, 0.3) is 5.69 Å². The molecule has 4 nitrogen and oxygen atoms in total. The fraction of sp³-hybridized carbons (Fsp3) is 0.200. The first-order valence-corrected chi connectivity index (χ1v) is 8.78. The van der Waals surface area contributed by atoms with Crippen LogP contribution in [0, 0.1) is 4.77 Å². The zero-order valence-corrected chi connectivity index (χ0v) is 15.1. The van der Waals surface area contributed by atoms with Crippen LogP contribution in [-0.2, 0) is 0 Å². The number of anilines is 1. The van der Waals surface area contributed by atoms with E-state index >= 15 is 0 Å². The maximum absolute atomic E-state index is 12.7. The Morgan fingerprint density at radius 2 is 1.84 bits per heavy atom. The smallest absolute Gasteiger partial charge is 0.274 e. The van der Waals surface area contributed by atoms with Gasteiger partial charge in [0, 0.05) is 17.6 Å². The van der Waals surface area contributed by atoms with E-state index in [4.69, 9.17) is 12.2 Å². The third-order valence-corrected chi connectivity index (χ3v) is 4.67. The number of aromatic amines is 1. The van der Waals surface area contributed by atoms with Crippen molar-refractivity contribution in [2.75, 3.05) is 5.32 Å². The van der Waals surface area contributed by atoms with Crippen LogP contribution in [-0.4, -0.2) is 15.5 Å². The molecule has 0 radical (unpaired) electrons. The molecule has 2 aromatic carbocycles. The summed E-state index contributed by atoms with van der Waals surface area (Å²) in [5.74, 6) is 0.310. The van der Waals surface area contributed by atoms with Gasteiger partial charge in [0.2, 0.25) is 0 Å². The number of carbonyl (C=O) groups excluding carboxylic acids is 1. The van der Waals surface area contributed by atoms with Crippen LogP contribution >= 0.6 is 12.2 Å². The van der Waals surface area contributed by atoms with Crippen molar-refractivity contribution in [2.24, 2.45) is 0 Å². The standard InChI is InChI=1S/C20H21N3OS/c1-3-14(2)15-9-11-16(12-10-15)22-19(24)18-13-21-20(25)23(18)17-7-5-4-6-8-17/h4-14H,3H2,1-2H3,(H,21,25)(H,22,24)/t14-/m0/s1. The number of nitrogens with one attached hydrogen (secondary N) is 2. The van der Waals surface area contributed by atoms with E-state index in [1.165, 1.54) is 5.56 Å². The van der Waals surface area contributed by atoms with E-state index in [9.17, 15) is 4.79 Å². The molecule has 0 saturated carbocycles. The quantitative estimate of drug-likeness (QED) is 0.613. The highest BCUT2D eigenvalue weighted by atomic mass is 32.1. The van der Waals surface area contributed by atoms with E-state index in [-0.39, 0.29) is 5.91 Å². The van der Waals surface area contributed by atoms with Gasteiger partial charge >= 0.3 is 0 Å². The molecule has 1 amide bonds. The summed E-state index contributed by atoms with van der Waals surface area (Å²) in [7, 11) is 0. The maximum atomic E-state index is 12.7. The Kier molecular flexibility index (Phi) is 5.14. The van der Waals surface area contributed by atoms with E-state index < -0.39 is 0 Å². The van der Waals surface area contributed by atoms with Crippen molar-refractivity contribution >= 4 is 23.8 Å². The number of rotatable bonds is 5. The Labute approximate surface area is 152 Å². The molecule has 0 aliphatic heterocycles. The molecule has 0 aliphatic rings. The summed E-state index contributed by atoms with van der Waals surface area (Å²) in [6, 6.07) is 17.6. The predicted octanol–water partition coefficient (Wildman–Crippen LogP) is 5.30. The minimum Gasteiger partial charge on any atom is -0.336 e. The number of nitrogens with zero attached hydrogens (tertiary/aromatic N) is 1. The van der Waals surface area contributed by atoms with Crippen molar-refractivity contribution in [1.82, 2.24) is 9.55 Å². The number of amides is 1. The first kappa shape index (κ1) is 17.2. The Morgan fingerprint density at radius 3 is 2.48 bits per heavy atom. The average molecular weight is 351 g/mol. The van der Waals surface area contributed by atoms with Crippen molar-refractivity contribution in [3.05, 3.63) is 76.8 Å². The normalized spacial score (nSPS) is 11.9. The predicted molar refractivity (Wildman–Crippen MR) is 104 cm³/mol. The number of H-pyrrole nitrogens is 1. The van der Waals surface area contributed by atoms with E-state index in [0.29, 0.717) is 16.4 Å². The number of para-hydroxylation sites is 1. The number of aromatic nitrogens is 2. The molecule has 25 heavy (non-hydrogen) atoms. The highest BCUT2D eigenvalue weighted by Crippen LogP contribution is 2.21. The SMILES string of the molecule is CC[C@H](C)c1ccc(NC(=O)c2c[nH]c(=S)n2-c2ccccc2)cc1. The fourth-order valence-corrected chi connectivity index (χ4v) is 2.96. The summed E-state index contributed by atoms with van der Waals surface area (Å²) < 4.78 is 2.22. The molecule has 0 unspecified atom stereocenters. The van der Waals surface area contributed by atoms with E-state index in [0.717, 1.165) is 17.8 Å². The summed E-state index contributed by atoms with van der Waals surface area (Å²) in [5.41, 5.74) is 3.37. The Balaban J connectivity index is 1.84. The second kappa shape index (κ2) is 7.49. The molecule has 5 heteroatoms. The lowest BCUT2D eigenvalue weighted by Crippen LogP contribution is -2.16. The van der Waals surface area contributed by atoms with Crippen molar-refractivity contribution in [2.45, 2.75) is 26.2 Å². The van der Waals surface area contributed by atoms with Gasteiger partial charge in [-0.05, 0) is 54.4 Å². The van der Waals surface area contributed by atoms with Crippen LogP contribution in [0.2, 0.25) is 0 Å². The molecule has 1 atom stereocenters. The molecule has 2 N–H and O–H groups in total. The molecule has 0 bridgehead atoms. The highest BCUT2D eigenvalue weighted by Gasteiger charge is 2.14. The monoisotopic (exact) mass is 351 g/mol. The zero-order valence-electron chi connectivity index (χ0n) is 14.3. The lowest BCUT2D eigenvalue weighted by Gasteiger charge is -2.11. The summed E-state index contributed by atoms with van der Waals surface area (Å²) in [6.07, 6.45) is 2.73. The van der Waals surface area contributed by atoms with Crippen LogP contribution < -0.4 is 5.32 Å². The van der Waals surface area contributed by atoms with Gasteiger partial charge in [-0.1, -0.05) is 44.2 Å². The molecular weight excluding hydrogens is 330 g/mol. The molecule has 3 aromatic rings. The molecular formula is C20H21N3OS. The Hall–Kier alpha value is -2.66. The number of hydrogen-bond acceptors (Lipinski definition) is 2. The minimum absolute atomic E-state index is 0.201. The van der Waals surface area contributed by atoms with Gasteiger partial charge in [-0.3, -0.25) is 9.36 Å². The van der Waals surface area contributed by atoms with E-state index in [1.807, 2.05) is 42.5 Å². The lowest BCUT2D eigenvalue weighted by molar-refractivity contribution is 0.102. The molecule has 0 aliphatic carbocycles. The summed E-state index contributed by atoms with van der Waals surface area (Å²) >= 11 is 5.33. The topological polar surface area (TPSA) is 49.8 Å². The molecule has 1 aromatic heterocycles. The van der Waals surface area contributed by atoms with Crippen molar-refractivity contribution < 1.29 is 4.79 Å². The Bertz CT molecular complexity index is 910. The second-order valence-corrected chi connectivity index (χ2v) is 6.42. The third kappa shape index (κ3) is 3.72. The van der Waals surface area contributed by atoms with Crippen LogP contribution in [0.1, 0.15) is 42.2 Å². The van der Waals surface area contributed by atoms with Crippen LogP contribution in [0.3, 0.4) is 0 Å². The van der Waals surface area contributed by atoms with Gasteiger partial charge in [-0.2, -0.15) is 0 Å². The van der Waals surface area contributed by atoms with Crippen LogP contribution in [0.15, 0.2) is 60.8 Å². The van der Waals surface area contributed by atoms with Crippen molar-refractivity contribution in [3.8, 4) is 5.69 Å². The fourth-order valence-electron chi connectivity index (χ4n) is 2.69. The molecule has 0 saturated heterocycles. The number of carbonyl (C=O) groups is 1.